The standard InChI is InChI=1S/C13H14O3/c1-16-10-5-2-4-9(8-10)13-11(14)6-3-7-12(13)15/h2,4-5,8,14H,3,6-7H2,1H3. The Labute approximate surface area is 94.4 Å². The molecule has 0 heterocycles. The maximum atomic E-state index is 11.7. The van der Waals surface area contributed by atoms with Crippen LogP contribution in [0.2, 0.25) is 0 Å². The molecule has 0 bridgehead atoms. The molecule has 1 aliphatic rings. The third-order valence-corrected chi connectivity index (χ3v) is 2.74. The van der Waals surface area contributed by atoms with E-state index in [4.69, 9.17) is 4.74 Å². The number of Topliss-reactive ketones (excluding diaryl/α,β-unsaturated/α-hetero) is 1. The molecule has 1 N–H and O–H groups in total. The molecule has 0 saturated carbocycles. The molecule has 0 aliphatic heterocycles. The average molecular weight is 218 g/mol. The summed E-state index contributed by atoms with van der Waals surface area (Å²) < 4.78 is 5.10. The molecule has 0 saturated heterocycles. The Bertz CT molecular complexity index is 446. The van der Waals surface area contributed by atoms with Gasteiger partial charge in [-0.25, -0.2) is 0 Å². The first-order chi connectivity index (χ1) is 7.72. The second kappa shape index (κ2) is 4.39. The summed E-state index contributed by atoms with van der Waals surface area (Å²) in [6, 6.07) is 7.22. The number of aliphatic hydroxyl groups is 1. The first-order valence-corrected chi connectivity index (χ1v) is 5.32. The third-order valence-electron chi connectivity index (χ3n) is 2.74. The van der Waals surface area contributed by atoms with E-state index in [9.17, 15) is 9.90 Å². The molecule has 1 aromatic rings. The Morgan fingerprint density at radius 3 is 2.81 bits per heavy atom. The zero-order valence-electron chi connectivity index (χ0n) is 9.19. The van der Waals surface area contributed by atoms with Crippen molar-refractivity contribution in [3.8, 4) is 5.75 Å². The number of aliphatic hydroxyl groups excluding tert-OH is 1. The number of benzene rings is 1. The quantitative estimate of drug-likeness (QED) is 0.830. The molecule has 3 heteroatoms. The van der Waals surface area contributed by atoms with E-state index in [-0.39, 0.29) is 11.5 Å². The van der Waals surface area contributed by atoms with E-state index in [1.54, 1.807) is 13.2 Å². The zero-order valence-corrected chi connectivity index (χ0v) is 9.19. The number of methoxy groups -OCH3 is 1. The number of allylic oxidation sites excluding steroid dienone is 2. The van der Waals surface area contributed by atoms with Crippen LogP contribution in [0.5, 0.6) is 5.75 Å². The van der Waals surface area contributed by atoms with Crippen molar-refractivity contribution in [3.05, 3.63) is 35.6 Å². The van der Waals surface area contributed by atoms with E-state index in [0.717, 1.165) is 12.0 Å². The number of hydrogen-bond donors (Lipinski definition) is 1. The Morgan fingerprint density at radius 2 is 2.12 bits per heavy atom. The van der Waals surface area contributed by atoms with Crippen molar-refractivity contribution in [3.63, 3.8) is 0 Å². The number of ketones is 1. The lowest BCUT2D eigenvalue weighted by Crippen LogP contribution is -2.10. The van der Waals surface area contributed by atoms with Gasteiger partial charge in [0.05, 0.1) is 12.7 Å². The van der Waals surface area contributed by atoms with Crippen molar-refractivity contribution < 1.29 is 14.6 Å². The Morgan fingerprint density at radius 1 is 1.31 bits per heavy atom. The second-order valence-corrected chi connectivity index (χ2v) is 3.83. The summed E-state index contributed by atoms with van der Waals surface area (Å²) in [5, 5.41) is 9.77. The summed E-state index contributed by atoms with van der Waals surface area (Å²) in [4.78, 5) is 11.7. The van der Waals surface area contributed by atoms with Crippen LogP contribution in [-0.2, 0) is 4.79 Å². The van der Waals surface area contributed by atoms with Crippen LogP contribution in [0, 0.1) is 0 Å². The second-order valence-electron chi connectivity index (χ2n) is 3.83. The van der Waals surface area contributed by atoms with Crippen LogP contribution in [0.1, 0.15) is 24.8 Å². The topological polar surface area (TPSA) is 46.5 Å². The first-order valence-electron chi connectivity index (χ1n) is 5.32. The van der Waals surface area contributed by atoms with Crippen LogP contribution in [0.3, 0.4) is 0 Å². The van der Waals surface area contributed by atoms with E-state index in [1.165, 1.54) is 0 Å². The van der Waals surface area contributed by atoms with Gasteiger partial charge in [-0.05, 0) is 24.1 Å². The molecule has 2 rings (SSSR count). The van der Waals surface area contributed by atoms with Crippen LogP contribution in [0.4, 0.5) is 0 Å². The van der Waals surface area contributed by atoms with Gasteiger partial charge < -0.3 is 9.84 Å². The number of rotatable bonds is 2. The fourth-order valence-corrected chi connectivity index (χ4v) is 1.93. The molecule has 0 aromatic heterocycles. The molecule has 1 aliphatic carbocycles. The molecule has 0 amide bonds. The number of carbonyl (C=O) groups excluding carboxylic acids is 1. The van der Waals surface area contributed by atoms with Gasteiger partial charge in [0.25, 0.3) is 0 Å². The van der Waals surface area contributed by atoms with Crippen LogP contribution >= 0.6 is 0 Å². The highest BCUT2D eigenvalue weighted by Gasteiger charge is 2.21. The predicted molar refractivity (Wildman–Crippen MR) is 61.4 cm³/mol. The van der Waals surface area contributed by atoms with E-state index in [1.807, 2.05) is 18.2 Å². The summed E-state index contributed by atoms with van der Waals surface area (Å²) in [6.07, 6.45) is 1.83. The Hall–Kier alpha value is -1.77. The summed E-state index contributed by atoms with van der Waals surface area (Å²) in [5.74, 6) is 0.901. The lowest BCUT2D eigenvalue weighted by atomic mass is 9.91. The van der Waals surface area contributed by atoms with Crippen molar-refractivity contribution in [2.45, 2.75) is 19.3 Å². The van der Waals surface area contributed by atoms with Gasteiger partial charge in [0.15, 0.2) is 5.78 Å². The lowest BCUT2D eigenvalue weighted by Gasteiger charge is -2.15. The molecular weight excluding hydrogens is 204 g/mol. The maximum Gasteiger partial charge on any atom is 0.166 e. The molecule has 0 spiro atoms. The van der Waals surface area contributed by atoms with Crippen LogP contribution in [-0.4, -0.2) is 18.0 Å². The summed E-state index contributed by atoms with van der Waals surface area (Å²) in [7, 11) is 1.58. The number of carbonyl (C=O) groups is 1. The summed E-state index contributed by atoms with van der Waals surface area (Å²) >= 11 is 0. The van der Waals surface area contributed by atoms with Gasteiger partial charge in [-0.1, -0.05) is 12.1 Å². The normalized spacial score (nSPS) is 16.4. The highest BCUT2D eigenvalue weighted by atomic mass is 16.5. The van der Waals surface area contributed by atoms with Crippen molar-refractivity contribution in [2.24, 2.45) is 0 Å². The Balaban J connectivity index is 2.45. The van der Waals surface area contributed by atoms with Crippen LogP contribution in [0.25, 0.3) is 5.57 Å². The molecule has 84 valence electrons. The van der Waals surface area contributed by atoms with Gasteiger partial charge in [0.1, 0.15) is 11.5 Å². The lowest BCUT2D eigenvalue weighted by molar-refractivity contribution is -0.114. The van der Waals surface area contributed by atoms with Gasteiger partial charge in [-0.3, -0.25) is 4.79 Å². The van der Waals surface area contributed by atoms with Crippen molar-refractivity contribution >= 4 is 11.4 Å². The van der Waals surface area contributed by atoms with Crippen LogP contribution in [0.15, 0.2) is 30.0 Å². The van der Waals surface area contributed by atoms with Gasteiger partial charge in [0, 0.05) is 12.8 Å². The van der Waals surface area contributed by atoms with E-state index < -0.39 is 0 Å². The molecule has 0 unspecified atom stereocenters. The van der Waals surface area contributed by atoms with E-state index in [2.05, 4.69) is 0 Å². The first kappa shape index (κ1) is 10.7. The Kier molecular flexibility index (Phi) is 2.95. The molecule has 1 aromatic carbocycles. The van der Waals surface area contributed by atoms with Crippen molar-refractivity contribution in [2.75, 3.05) is 7.11 Å². The summed E-state index contributed by atoms with van der Waals surface area (Å²) in [5.41, 5.74) is 1.19. The maximum absolute atomic E-state index is 11.7. The minimum Gasteiger partial charge on any atom is -0.512 e. The molecule has 0 radical (unpaired) electrons. The highest BCUT2D eigenvalue weighted by molar-refractivity contribution is 6.21. The molecular formula is C13H14O3. The highest BCUT2D eigenvalue weighted by Crippen LogP contribution is 2.29. The van der Waals surface area contributed by atoms with Gasteiger partial charge >= 0.3 is 0 Å². The average Bonchev–Trinajstić information content (AvgIpc) is 2.29. The van der Waals surface area contributed by atoms with Gasteiger partial charge in [0.2, 0.25) is 0 Å². The van der Waals surface area contributed by atoms with Crippen LogP contribution < -0.4 is 4.74 Å². The molecule has 3 nitrogen and oxygen atoms in total. The minimum absolute atomic E-state index is 0.0111. The zero-order chi connectivity index (χ0) is 11.5. The summed E-state index contributed by atoms with van der Waals surface area (Å²) in [6.45, 7) is 0. The van der Waals surface area contributed by atoms with Gasteiger partial charge in [-0.15, -0.1) is 0 Å². The van der Waals surface area contributed by atoms with Crippen molar-refractivity contribution in [1.29, 1.82) is 0 Å². The monoisotopic (exact) mass is 218 g/mol. The largest absolute Gasteiger partial charge is 0.512 e. The SMILES string of the molecule is COc1cccc(C2=C(O)CCCC2=O)c1. The fraction of sp³-hybridized carbons (Fsp3) is 0.308. The van der Waals surface area contributed by atoms with E-state index >= 15 is 0 Å². The van der Waals surface area contributed by atoms with E-state index in [0.29, 0.717) is 24.2 Å². The van der Waals surface area contributed by atoms with Gasteiger partial charge in [-0.2, -0.15) is 0 Å². The smallest absolute Gasteiger partial charge is 0.166 e. The molecule has 0 fully saturated rings. The molecule has 0 atom stereocenters. The number of hydrogen-bond acceptors (Lipinski definition) is 3. The van der Waals surface area contributed by atoms with Crippen molar-refractivity contribution in [1.82, 2.24) is 0 Å². The predicted octanol–water partition coefficient (Wildman–Crippen LogP) is 2.72. The number of ether oxygens (including phenoxy) is 1. The third kappa shape index (κ3) is 1.94. The minimum atomic E-state index is 0.0111. The molecule has 16 heavy (non-hydrogen) atoms. The fourth-order valence-electron chi connectivity index (χ4n) is 1.93.